The highest BCUT2D eigenvalue weighted by atomic mass is 16.2. The fraction of sp³-hybridized carbons (Fsp3) is 0.438. The molecule has 0 aliphatic rings. The molecule has 0 aliphatic carbocycles. The molecule has 0 N–H and O–H groups in total. The summed E-state index contributed by atoms with van der Waals surface area (Å²) in [6, 6.07) is 3.79. The molecule has 112 valence electrons. The Balaban J connectivity index is 2.20. The van der Waals surface area contributed by atoms with Gasteiger partial charge in [0.25, 0.3) is 0 Å². The van der Waals surface area contributed by atoms with Gasteiger partial charge < -0.3 is 4.90 Å². The van der Waals surface area contributed by atoms with E-state index in [0.29, 0.717) is 13.0 Å². The second-order valence-corrected chi connectivity index (χ2v) is 6.23. The Hall–Kier alpha value is -2.17. The Bertz CT molecular complexity index is 598. The third kappa shape index (κ3) is 3.90. The van der Waals surface area contributed by atoms with E-state index in [0.717, 1.165) is 11.4 Å². The van der Waals surface area contributed by atoms with Crippen LogP contribution in [0.25, 0.3) is 5.69 Å². The summed E-state index contributed by atoms with van der Waals surface area (Å²) in [4.78, 5) is 18.3. The summed E-state index contributed by atoms with van der Waals surface area (Å²) in [5, 5.41) is 4.32. The number of carbonyl (C=O) groups is 1. The second kappa shape index (κ2) is 6.08. The Kier molecular flexibility index (Phi) is 4.40. The van der Waals surface area contributed by atoms with Crippen molar-refractivity contribution in [3.8, 4) is 5.69 Å². The van der Waals surface area contributed by atoms with Crippen molar-refractivity contribution in [1.29, 1.82) is 0 Å². The topological polar surface area (TPSA) is 51.0 Å². The molecule has 0 bridgehead atoms. The van der Waals surface area contributed by atoms with E-state index in [1.165, 1.54) is 0 Å². The number of nitrogens with zero attached hydrogens (tertiary/aromatic N) is 4. The number of rotatable bonds is 4. The van der Waals surface area contributed by atoms with Crippen LogP contribution in [0.15, 0.2) is 36.9 Å². The van der Waals surface area contributed by atoms with Crippen molar-refractivity contribution in [2.75, 3.05) is 11.4 Å². The van der Waals surface area contributed by atoms with Crippen molar-refractivity contribution >= 4 is 11.6 Å². The standard InChI is InChI=1S/C16H22N4O/c1-5-19(15(21)9-16(2,3)4)14-11-18-20(12-14)13-7-6-8-17-10-13/h6-8,10-12H,5,9H2,1-4H3. The maximum absolute atomic E-state index is 12.4. The Morgan fingerprint density at radius 1 is 1.33 bits per heavy atom. The van der Waals surface area contributed by atoms with Gasteiger partial charge in [0.05, 0.1) is 30.0 Å². The van der Waals surface area contributed by atoms with Gasteiger partial charge in [0.2, 0.25) is 5.91 Å². The first-order valence-electron chi connectivity index (χ1n) is 7.16. The first kappa shape index (κ1) is 15.2. The maximum Gasteiger partial charge on any atom is 0.227 e. The number of anilines is 1. The lowest BCUT2D eigenvalue weighted by molar-refractivity contribution is -0.120. The average Bonchev–Trinajstić information content (AvgIpc) is 2.88. The number of aromatic nitrogens is 3. The van der Waals surface area contributed by atoms with E-state index < -0.39 is 0 Å². The molecule has 2 aromatic rings. The number of hydrogen-bond acceptors (Lipinski definition) is 3. The molecule has 1 amide bonds. The van der Waals surface area contributed by atoms with Crippen molar-refractivity contribution in [2.45, 2.75) is 34.1 Å². The summed E-state index contributed by atoms with van der Waals surface area (Å²) in [5.41, 5.74) is 1.67. The van der Waals surface area contributed by atoms with Gasteiger partial charge >= 0.3 is 0 Å². The normalized spacial score (nSPS) is 11.4. The van der Waals surface area contributed by atoms with Crippen LogP contribution in [-0.4, -0.2) is 27.2 Å². The molecule has 0 spiro atoms. The van der Waals surface area contributed by atoms with Crippen LogP contribution in [0.3, 0.4) is 0 Å². The minimum Gasteiger partial charge on any atom is -0.310 e. The van der Waals surface area contributed by atoms with E-state index >= 15 is 0 Å². The molecule has 0 saturated heterocycles. The monoisotopic (exact) mass is 286 g/mol. The molecule has 0 aromatic carbocycles. The van der Waals surface area contributed by atoms with Crippen molar-refractivity contribution in [3.05, 3.63) is 36.9 Å². The van der Waals surface area contributed by atoms with E-state index in [9.17, 15) is 4.79 Å². The van der Waals surface area contributed by atoms with Crippen LogP contribution < -0.4 is 4.90 Å². The van der Waals surface area contributed by atoms with Crippen LogP contribution >= 0.6 is 0 Å². The smallest absolute Gasteiger partial charge is 0.227 e. The minimum atomic E-state index is -0.0240. The van der Waals surface area contributed by atoms with E-state index in [2.05, 4.69) is 30.9 Å². The van der Waals surface area contributed by atoms with Crippen LogP contribution in [0.2, 0.25) is 0 Å². The second-order valence-electron chi connectivity index (χ2n) is 6.23. The summed E-state index contributed by atoms with van der Waals surface area (Å²) < 4.78 is 1.73. The third-order valence-corrected chi connectivity index (χ3v) is 3.09. The van der Waals surface area contributed by atoms with Crippen LogP contribution in [-0.2, 0) is 4.79 Å². The predicted molar refractivity (Wildman–Crippen MR) is 83.5 cm³/mol. The number of carbonyl (C=O) groups excluding carboxylic acids is 1. The Labute approximate surface area is 125 Å². The molecule has 5 heteroatoms. The van der Waals surface area contributed by atoms with Gasteiger partial charge in [0, 0.05) is 19.2 Å². The molecule has 2 aromatic heterocycles. The summed E-state index contributed by atoms with van der Waals surface area (Å²) >= 11 is 0. The molecular weight excluding hydrogens is 264 g/mol. The molecule has 21 heavy (non-hydrogen) atoms. The SMILES string of the molecule is CCN(C(=O)CC(C)(C)C)c1cnn(-c2cccnc2)c1. The molecule has 0 aliphatic heterocycles. The zero-order chi connectivity index (χ0) is 15.5. The van der Waals surface area contributed by atoms with Crippen molar-refractivity contribution in [3.63, 3.8) is 0 Å². The largest absolute Gasteiger partial charge is 0.310 e. The van der Waals surface area contributed by atoms with E-state index in [1.54, 1.807) is 28.2 Å². The van der Waals surface area contributed by atoms with Crippen LogP contribution in [0.4, 0.5) is 5.69 Å². The minimum absolute atomic E-state index is 0.0240. The van der Waals surface area contributed by atoms with Gasteiger partial charge in [-0.3, -0.25) is 9.78 Å². The molecule has 0 unspecified atom stereocenters. The molecular formula is C16H22N4O. The van der Waals surface area contributed by atoms with Crippen LogP contribution in [0.5, 0.6) is 0 Å². The first-order valence-corrected chi connectivity index (χ1v) is 7.16. The van der Waals surface area contributed by atoms with Gasteiger partial charge in [0.1, 0.15) is 0 Å². The Morgan fingerprint density at radius 3 is 2.67 bits per heavy atom. The molecule has 0 radical (unpaired) electrons. The highest BCUT2D eigenvalue weighted by Gasteiger charge is 2.22. The number of hydrogen-bond donors (Lipinski definition) is 0. The van der Waals surface area contributed by atoms with Gasteiger partial charge in [0.15, 0.2) is 0 Å². The van der Waals surface area contributed by atoms with Crippen LogP contribution in [0, 0.1) is 5.41 Å². The van der Waals surface area contributed by atoms with Gasteiger partial charge in [-0.25, -0.2) is 4.68 Å². The average molecular weight is 286 g/mol. The molecule has 0 saturated carbocycles. The highest BCUT2D eigenvalue weighted by molar-refractivity contribution is 5.93. The zero-order valence-corrected chi connectivity index (χ0v) is 13.1. The van der Waals surface area contributed by atoms with Gasteiger partial charge in [-0.05, 0) is 24.5 Å². The summed E-state index contributed by atoms with van der Waals surface area (Å²) in [7, 11) is 0. The van der Waals surface area contributed by atoms with Crippen molar-refractivity contribution < 1.29 is 4.79 Å². The van der Waals surface area contributed by atoms with Gasteiger partial charge in [-0.2, -0.15) is 5.10 Å². The van der Waals surface area contributed by atoms with Crippen LogP contribution in [0.1, 0.15) is 34.1 Å². The van der Waals surface area contributed by atoms with E-state index in [4.69, 9.17) is 0 Å². The summed E-state index contributed by atoms with van der Waals surface area (Å²) in [6.45, 7) is 8.81. The van der Waals surface area contributed by atoms with Gasteiger partial charge in [-0.15, -0.1) is 0 Å². The molecule has 0 fully saturated rings. The zero-order valence-electron chi connectivity index (χ0n) is 13.1. The number of pyridine rings is 1. The highest BCUT2D eigenvalue weighted by Crippen LogP contribution is 2.23. The third-order valence-electron chi connectivity index (χ3n) is 3.09. The van der Waals surface area contributed by atoms with Crippen molar-refractivity contribution in [2.24, 2.45) is 5.41 Å². The van der Waals surface area contributed by atoms with Gasteiger partial charge in [-0.1, -0.05) is 20.8 Å². The molecule has 2 rings (SSSR count). The fourth-order valence-electron chi connectivity index (χ4n) is 2.14. The fourth-order valence-corrected chi connectivity index (χ4v) is 2.14. The molecule has 0 atom stereocenters. The predicted octanol–water partition coefficient (Wildman–Crippen LogP) is 3.06. The summed E-state index contributed by atoms with van der Waals surface area (Å²) in [5.74, 6) is 0.121. The van der Waals surface area contributed by atoms with E-state index in [-0.39, 0.29) is 11.3 Å². The maximum atomic E-state index is 12.4. The lowest BCUT2D eigenvalue weighted by Crippen LogP contribution is -2.33. The summed E-state index contributed by atoms with van der Waals surface area (Å²) in [6.07, 6.45) is 7.56. The quantitative estimate of drug-likeness (QED) is 0.868. The first-order chi connectivity index (χ1) is 9.90. The molecule has 5 nitrogen and oxygen atoms in total. The van der Waals surface area contributed by atoms with E-state index in [1.807, 2.05) is 25.3 Å². The van der Waals surface area contributed by atoms with Crippen molar-refractivity contribution in [1.82, 2.24) is 14.8 Å². The Morgan fingerprint density at radius 2 is 2.10 bits per heavy atom. The molecule has 2 heterocycles. The lowest BCUT2D eigenvalue weighted by Gasteiger charge is -2.24. The number of amides is 1. The lowest BCUT2D eigenvalue weighted by atomic mass is 9.91.